The monoisotopic (exact) mass is 257 g/mol. The molecule has 17 heavy (non-hydrogen) atoms. The molecule has 1 fully saturated rings. The molecule has 4 nitrogen and oxygen atoms in total. The first-order valence-electron chi connectivity index (χ1n) is 6.02. The molecule has 1 N–H and O–H groups in total. The number of hydrogen-bond donors (Lipinski definition) is 1. The Hall–Kier alpha value is -0.413. The number of nitrogens with zero attached hydrogens (tertiary/aromatic N) is 1. The van der Waals surface area contributed by atoms with Crippen LogP contribution in [0, 0.1) is 11.3 Å². The van der Waals surface area contributed by atoms with Gasteiger partial charge in [0.2, 0.25) is 5.60 Å². The maximum Gasteiger partial charge on any atom is 0.201 e. The first-order valence-corrected chi connectivity index (χ1v) is 8.93. The molecule has 0 bridgehead atoms. The zero-order chi connectivity index (χ0) is 13.3. The minimum absolute atomic E-state index is 0.0895. The van der Waals surface area contributed by atoms with Crippen molar-refractivity contribution in [2.24, 2.45) is 0 Å². The standard InChI is InChI=1S/C12H23NO3Si/c1-11(2,3)17(4,5)16-10-6-7-15-12(10,8-13)9-14/h10,14H,6-7,9H2,1-5H3. The third kappa shape index (κ3) is 2.71. The fourth-order valence-electron chi connectivity index (χ4n) is 1.65. The van der Waals surface area contributed by atoms with Gasteiger partial charge in [-0.25, -0.2) is 0 Å². The second-order valence-corrected chi connectivity index (χ2v) is 10.9. The predicted molar refractivity (Wildman–Crippen MR) is 68.1 cm³/mol. The van der Waals surface area contributed by atoms with Crippen LogP contribution < -0.4 is 0 Å². The van der Waals surface area contributed by atoms with Gasteiger partial charge in [0.15, 0.2) is 8.32 Å². The predicted octanol–water partition coefficient (Wildman–Crippen LogP) is 2.05. The van der Waals surface area contributed by atoms with E-state index in [4.69, 9.17) is 9.16 Å². The minimum atomic E-state index is -1.93. The number of rotatable bonds is 3. The van der Waals surface area contributed by atoms with Crippen molar-refractivity contribution >= 4 is 8.32 Å². The molecule has 1 heterocycles. The fourth-order valence-corrected chi connectivity index (χ4v) is 3.02. The van der Waals surface area contributed by atoms with Gasteiger partial charge < -0.3 is 14.3 Å². The Morgan fingerprint density at radius 3 is 2.53 bits per heavy atom. The molecule has 0 radical (unpaired) electrons. The van der Waals surface area contributed by atoms with Gasteiger partial charge in [-0.2, -0.15) is 5.26 Å². The van der Waals surface area contributed by atoms with Gasteiger partial charge in [-0.3, -0.25) is 0 Å². The maximum atomic E-state index is 9.37. The average Bonchev–Trinajstić information content (AvgIpc) is 2.59. The van der Waals surface area contributed by atoms with Crippen LogP contribution in [0.3, 0.4) is 0 Å². The van der Waals surface area contributed by atoms with Crippen LogP contribution in [-0.4, -0.2) is 38.3 Å². The van der Waals surface area contributed by atoms with Gasteiger partial charge in [0.1, 0.15) is 6.07 Å². The van der Waals surface area contributed by atoms with Gasteiger partial charge >= 0.3 is 0 Å². The van der Waals surface area contributed by atoms with E-state index in [1.807, 2.05) is 0 Å². The van der Waals surface area contributed by atoms with Crippen LogP contribution in [-0.2, 0) is 9.16 Å². The zero-order valence-electron chi connectivity index (χ0n) is 11.4. The van der Waals surface area contributed by atoms with Crippen molar-refractivity contribution in [1.29, 1.82) is 5.26 Å². The molecule has 0 saturated carbocycles. The molecule has 1 saturated heterocycles. The Bertz CT molecular complexity index is 319. The van der Waals surface area contributed by atoms with Crippen molar-refractivity contribution < 1.29 is 14.3 Å². The lowest BCUT2D eigenvalue weighted by molar-refractivity contribution is -0.0450. The number of aliphatic hydroxyl groups is 1. The minimum Gasteiger partial charge on any atom is -0.410 e. The number of aliphatic hydroxyl groups excluding tert-OH is 1. The molecule has 0 spiro atoms. The van der Waals surface area contributed by atoms with E-state index in [0.29, 0.717) is 13.0 Å². The molecule has 98 valence electrons. The van der Waals surface area contributed by atoms with Crippen molar-refractivity contribution in [3.8, 4) is 6.07 Å². The Kier molecular flexibility index (Phi) is 4.04. The Balaban J connectivity index is 2.86. The molecule has 5 heteroatoms. The molecule has 0 aromatic carbocycles. The van der Waals surface area contributed by atoms with Gasteiger partial charge in [0, 0.05) is 0 Å². The molecular formula is C12H23NO3Si. The normalized spacial score (nSPS) is 30.3. The van der Waals surface area contributed by atoms with Crippen molar-refractivity contribution in [2.75, 3.05) is 13.2 Å². The third-order valence-corrected chi connectivity index (χ3v) is 8.41. The van der Waals surface area contributed by atoms with Gasteiger partial charge in [-0.15, -0.1) is 0 Å². The topological polar surface area (TPSA) is 62.5 Å². The summed E-state index contributed by atoms with van der Waals surface area (Å²) >= 11 is 0. The second-order valence-electron chi connectivity index (χ2n) is 6.16. The number of ether oxygens (including phenoxy) is 1. The summed E-state index contributed by atoms with van der Waals surface area (Å²) in [6, 6.07) is 2.08. The Morgan fingerprint density at radius 2 is 2.12 bits per heavy atom. The van der Waals surface area contributed by atoms with E-state index in [1.54, 1.807) is 0 Å². The van der Waals surface area contributed by atoms with Gasteiger partial charge in [0.25, 0.3) is 0 Å². The lowest BCUT2D eigenvalue weighted by Crippen LogP contribution is -2.51. The summed E-state index contributed by atoms with van der Waals surface area (Å²) in [6.07, 6.45) is 0.374. The molecule has 1 rings (SSSR count). The zero-order valence-corrected chi connectivity index (χ0v) is 12.4. The first-order chi connectivity index (χ1) is 7.68. The molecule has 0 aromatic heterocycles. The van der Waals surface area contributed by atoms with E-state index in [0.717, 1.165) is 0 Å². The van der Waals surface area contributed by atoms with Crippen LogP contribution in [0.25, 0.3) is 0 Å². The summed E-state index contributed by atoms with van der Waals surface area (Å²) in [6.45, 7) is 10.9. The van der Waals surface area contributed by atoms with Crippen LogP contribution in [0.5, 0.6) is 0 Å². The highest BCUT2D eigenvalue weighted by Gasteiger charge is 2.50. The van der Waals surface area contributed by atoms with Gasteiger partial charge in [-0.1, -0.05) is 20.8 Å². The summed E-state index contributed by atoms with van der Waals surface area (Å²) in [7, 11) is -1.93. The van der Waals surface area contributed by atoms with E-state index in [1.165, 1.54) is 0 Å². The maximum absolute atomic E-state index is 9.37. The highest BCUT2D eigenvalue weighted by atomic mass is 28.4. The molecule has 2 unspecified atom stereocenters. The van der Waals surface area contributed by atoms with E-state index in [-0.39, 0.29) is 17.7 Å². The first kappa shape index (κ1) is 14.6. The van der Waals surface area contributed by atoms with Crippen LogP contribution in [0.15, 0.2) is 0 Å². The molecule has 2 atom stereocenters. The quantitative estimate of drug-likeness (QED) is 0.786. The SMILES string of the molecule is CC(C)(C)[Si](C)(C)OC1CCOC1(C#N)CO. The highest BCUT2D eigenvalue weighted by molar-refractivity contribution is 6.74. The lowest BCUT2D eigenvalue weighted by atomic mass is 10.0. The number of hydrogen-bond acceptors (Lipinski definition) is 4. The van der Waals surface area contributed by atoms with E-state index in [9.17, 15) is 10.4 Å². The van der Waals surface area contributed by atoms with Crippen LogP contribution in [0.2, 0.25) is 18.1 Å². The highest BCUT2D eigenvalue weighted by Crippen LogP contribution is 2.40. The van der Waals surface area contributed by atoms with E-state index < -0.39 is 13.9 Å². The summed E-state index contributed by atoms with van der Waals surface area (Å²) < 4.78 is 11.6. The lowest BCUT2D eigenvalue weighted by Gasteiger charge is -2.40. The summed E-state index contributed by atoms with van der Waals surface area (Å²) in [5.74, 6) is 0. The molecular weight excluding hydrogens is 234 g/mol. The van der Waals surface area contributed by atoms with Crippen molar-refractivity contribution in [1.82, 2.24) is 0 Å². The average molecular weight is 257 g/mol. The van der Waals surface area contributed by atoms with Crippen LogP contribution in [0.4, 0.5) is 0 Å². The van der Waals surface area contributed by atoms with Gasteiger partial charge in [0.05, 0.1) is 19.3 Å². The van der Waals surface area contributed by atoms with Crippen molar-refractivity contribution in [2.45, 2.75) is 57.0 Å². The summed E-state index contributed by atoms with van der Waals surface area (Å²) in [4.78, 5) is 0. The Labute approximate surface area is 105 Å². The van der Waals surface area contributed by atoms with Crippen LogP contribution in [0.1, 0.15) is 27.2 Å². The summed E-state index contributed by atoms with van der Waals surface area (Å²) in [5, 5.41) is 18.7. The Morgan fingerprint density at radius 1 is 1.53 bits per heavy atom. The molecule has 1 aliphatic rings. The number of nitriles is 1. The third-order valence-electron chi connectivity index (χ3n) is 3.93. The van der Waals surface area contributed by atoms with E-state index >= 15 is 0 Å². The second kappa shape index (κ2) is 4.69. The van der Waals surface area contributed by atoms with E-state index in [2.05, 4.69) is 39.9 Å². The van der Waals surface area contributed by atoms with Crippen molar-refractivity contribution in [3.63, 3.8) is 0 Å². The molecule has 0 aromatic rings. The van der Waals surface area contributed by atoms with Gasteiger partial charge in [-0.05, 0) is 24.6 Å². The fraction of sp³-hybridized carbons (Fsp3) is 0.917. The summed E-state index contributed by atoms with van der Waals surface area (Å²) in [5.41, 5.74) is -1.16. The largest absolute Gasteiger partial charge is 0.410 e. The van der Waals surface area contributed by atoms with Crippen LogP contribution >= 0.6 is 0 Å². The molecule has 0 amide bonds. The molecule has 0 aliphatic carbocycles. The molecule has 1 aliphatic heterocycles. The smallest absolute Gasteiger partial charge is 0.201 e. The van der Waals surface area contributed by atoms with Crippen molar-refractivity contribution in [3.05, 3.63) is 0 Å².